The number of thiocarbonyl (C=S) groups is 1. The molecule has 0 saturated carbocycles. The number of hydrogen-bond acceptors (Lipinski definition) is 4. The van der Waals surface area contributed by atoms with Crippen LogP contribution in [0.4, 0.5) is 16.2 Å². The van der Waals surface area contributed by atoms with Gasteiger partial charge in [-0.2, -0.15) is 0 Å². The zero-order chi connectivity index (χ0) is 18.1. The van der Waals surface area contributed by atoms with Gasteiger partial charge >= 0.3 is 6.09 Å². The molecule has 1 aromatic carbocycles. The Hall–Kier alpha value is -2.67. The van der Waals surface area contributed by atoms with Crippen molar-refractivity contribution in [2.45, 2.75) is 19.8 Å². The molecule has 25 heavy (non-hydrogen) atoms. The van der Waals surface area contributed by atoms with Crippen LogP contribution < -0.4 is 20.3 Å². The second kappa shape index (κ2) is 9.58. The number of carbonyl (C=O) groups is 1. The Bertz CT molecular complexity index is 692. The predicted molar refractivity (Wildman–Crippen MR) is 104 cm³/mol. The van der Waals surface area contributed by atoms with E-state index in [2.05, 4.69) is 22.5 Å². The van der Waals surface area contributed by atoms with E-state index in [0.29, 0.717) is 5.11 Å². The quantitative estimate of drug-likeness (QED) is 0.605. The fourth-order valence-electron chi connectivity index (χ4n) is 1.98. The maximum atomic E-state index is 12.1. The van der Waals surface area contributed by atoms with Crippen molar-refractivity contribution in [2.24, 2.45) is 0 Å². The lowest BCUT2D eigenvalue weighted by molar-refractivity contribution is 0.207. The zero-order valence-electron chi connectivity index (χ0n) is 14.4. The molecule has 0 spiro atoms. The van der Waals surface area contributed by atoms with Gasteiger partial charge < -0.3 is 15.4 Å². The van der Waals surface area contributed by atoms with Crippen LogP contribution >= 0.6 is 12.2 Å². The molecule has 2 N–H and O–H groups in total. The van der Waals surface area contributed by atoms with Crippen molar-refractivity contribution >= 4 is 34.8 Å². The second-order valence-electron chi connectivity index (χ2n) is 5.38. The van der Waals surface area contributed by atoms with Crippen LogP contribution in [0.2, 0.25) is 0 Å². The van der Waals surface area contributed by atoms with Gasteiger partial charge in [-0.25, -0.2) is 9.78 Å². The molecule has 132 valence electrons. The van der Waals surface area contributed by atoms with Gasteiger partial charge in [-0.15, -0.1) is 0 Å². The van der Waals surface area contributed by atoms with Crippen molar-refractivity contribution < 1.29 is 9.53 Å². The van der Waals surface area contributed by atoms with Gasteiger partial charge in [-0.3, -0.25) is 4.90 Å². The minimum atomic E-state index is -0.504. The molecule has 7 heteroatoms. The maximum absolute atomic E-state index is 12.1. The molecule has 0 bridgehead atoms. The monoisotopic (exact) mass is 358 g/mol. The molecule has 0 saturated heterocycles. The lowest BCUT2D eigenvalue weighted by atomic mass is 10.3. The Morgan fingerprint density at radius 2 is 2.00 bits per heavy atom. The number of ether oxygens (including phenoxy) is 1. The standard InChI is InChI=1S/C18H22N4O2S/c1-3-4-12-19-17(25)21-14-10-11-16(20-13-14)24-18(23)22(2)15-8-6-5-7-9-15/h5-11,13H,3-4,12H2,1-2H3,(H2,19,21,25). The van der Waals surface area contributed by atoms with Crippen molar-refractivity contribution in [2.75, 3.05) is 23.8 Å². The van der Waals surface area contributed by atoms with Gasteiger partial charge in [-0.05, 0) is 36.8 Å². The highest BCUT2D eigenvalue weighted by Crippen LogP contribution is 2.15. The highest BCUT2D eigenvalue weighted by Gasteiger charge is 2.13. The lowest BCUT2D eigenvalue weighted by Gasteiger charge is -2.16. The molecular formula is C18H22N4O2S. The Balaban J connectivity index is 1.87. The Kier molecular flexibility index (Phi) is 7.16. The van der Waals surface area contributed by atoms with Crippen LogP contribution in [0.3, 0.4) is 0 Å². The molecule has 6 nitrogen and oxygen atoms in total. The highest BCUT2D eigenvalue weighted by molar-refractivity contribution is 7.80. The first kappa shape index (κ1) is 18.7. The summed E-state index contributed by atoms with van der Waals surface area (Å²) in [4.78, 5) is 17.7. The third-order valence-corrected chi connectivity index (χ3v) is 3.67. The normalized spacial score (nSPS) is 10.0. The number of unbranched alkanes of at least 4 members (excludes halogenated alkanes) is 1. The summed E-state index contributed by atoms with van der Waals surface area (Å²) in [5.74, 6) is 0.225. The van der Waals surface area contributed by atoms with Crippen LogP contribution in [-0.2, 0) is 0 Å². The smallest absolute Gasteiger partial charge is 0.391 e. The molecule has 0 aliphatic heterocycles. The van der Waals surface area contributed by atoms with E-state index in [1.54, 1.807) is 25.4 Å². The summed E-state index contributed by atoms with van der Waals surface area (Å²) in [5, 5.41) is 6.69. The van der Waals surface area contributed by atoms with Crippen molar-refractivity contribution in [1.29, 1.82) is 0 Å². The molecule has 0 radical (unpaired) electrons. The summed E-state index contributed by atoms with van der Waals surface area (Å²) in [6.45, 7) is 2.95. The zero-order valence-corrected chi connectivity index (χ0v) is 15.2. The number of nitrogens with zero attached hydrogens (tertiary/aromatic N) is 2. The fraction of sp³-hybridized carbons (Fsp3) is 0.278. The van der Waals surface area contributed by atoms with Gasteiger partial charge in [0.1, 0.15) is 0 Å². The van der Waals surface area contributed by atoms with Gasteiger partial charge in [0.25, 0.3) is 0 Å². The third kappa shape index (κ3) is 6.04. The lowest BCUT2D eigenvalue weighted by Crippen LogP contribution is -2.30. The number of hydrogen-bond donors (Lipinski definition) is 2. The van der Waals surface area contributed by atoms with Crippen molar-refractivity contribution in [3.63, 3.8) is 0 Å². The number of benzene rings is 1. The number of aromatic nitrogens is 1. The summed E-state index contributed by atoms with van der Waals surface area (Å²) in [6.07, 6.45) is 3.23. The molecule has 1 heterocycles. The third-order valence-electron chi connectivity index (χ3n) is 3.42. The summed E-state index contributed by atoms with van der Waals surface area (Å²) in [6, 6.07) is 12.6. The molecule has 2 aromatic rings. The number of carbonyl (C=O) groups excluding carboxylic acids is 1. The van der Waals surface area contributed by atoms with E-state index in [1.165, 1.54) is 4.90 Å². The molecule has 1 aromatic heterocycles. The van der Waals surface area contributed by atoms with Crippen molar-refractivity contribution in [1.82, 2.24) is 10.3 Å². The number of nitrogens with one attached hydrogen (secondary N) is 2. The molecule has 0 aliphatic rings. The second-order valence-corrected chi connectivity index (χ2v) is 5.79. The first-order valence-corrected chi connectivity index (χ1v) is 8.52. The summed E-state index contributed by atoms with van der Waals surface area (Å²) < 4.78 is 5.27. The number of anilines is 2. The predicted octanol–water partition coefficient (Wildman–Crippen LogP) is 3.80. The molecule has 1 amide bonds. The van der Waals surface area contributed by atoms with Crippen LogP contribution in [0.15, 0.2) is 48.7 Å². The number of pyridine rings is 1. The van der Waals surface area contributed by atoms with E-state index in [9.17, 15) is 4.79 Å². The largest absolute Gasteiger partial charge is 0.420 e. The first-order valence-electron chi connectivity index (χ1n) is 8.11. The summed E-state index contributed by atoms with van der Waals surface area (Å²) in [5.41, 5.74) is 1.47. The molecule has 0 unspecified atom stereocenters. The van der Waals surface area contributed by atoms with Crippen LogP contribution in [0.1, 0.15) is 19.8 Å². The van der Waals surface area contributed by atoms with Crippen LogP contribution in [0.25, 0.3) is 0 Å². The van der Waals surface area contributed by atoms with Crippen molar-refractivity contribution in [3.05, 3.63) is 48.7 Å². The Morgan fingerprint density at radius 1 is 1.24 bits per heavy atom. The first-order chi connectivity index (χ1) is 12.1. The molecular weight excluding hydrogens is 336 g/mol. The minimum absolute atomic E-state index is 0.225. The van der Waals surface area contributed by atoms with Gasteiger partial charge in [0.05, 0.1) is 11.9 Å². The number of amides is 1. The van der Waals surface area contributed by atoms with E-state index in [1.807, 2.05) is 30.3 Å². The Labute approximate surface area is 153 Å². The topological polar surface area (TPSA) is 66.5 Å². The average Bonchev–Trinajstić information content (AvgIpc) is 2.63. The van der Waals surface area contributed by atoms with E-state index in [4.69, 9.17) is 17.0 Å². The molecule has 0 aliphatic carbocycles. The van der Waals surface area contributed by atoms with E-state index in [0.717, 1.165) is 30.8 Å². The molecule has 0 atom stereocenters. The highest BCUT2D eigenvalue weighted by atomic mass is 32.1. The molecule has 2 rings (SSSR count). The van der Waals surface area contributed by atoms with Gasteiger partial charge in [0.2, 0.25) is 5.88 Å². The van der Waals surface area contributed by atoms with Crippen LogP contribution in [0.5, 0.6) is 5.88 Å². The van der Waals surface area contributed by atoms with Crippen LogP contribution in [-0.4, -0.2) is 29.8 Å². The van der Waals surface area contributed by atoms with Crippen molar-refractivity contribution in [3.8, 4) is 5.88 Å². The number of para-hydroxylation sites is 1. The van der Waals surface area contributed by atoms with E-state index < -0.39 is 6.09 Å². The average molecular weight is 358 g/mol. The Morgan fingerprint density at radius 3 is 2.64 bits per heavy atom. The van der Waals surface area contributed by atoms with E-state index >= 15 is 0 Å². The summed E-state index contributed by atoms with van der Waals surface area (Å²) in [7, 11) is 1.65. The maximum Gasteiger partial charge on any atom is 0.420 e. The fourth-order valence-corrected chi connectivity index (χ4v) is 2.20. The minimum Gasteiger partial charge on any atom is -0.391 e. The summed E-state index contributed by atoms with van der Waals surface area (Å²) >= 11 is 5.20. The molecule has 0 fully saturated rings. The van der Waals surface area contributed by atoms with Gasteiger partial charge in [-0.1, -0.05) is 31.5 Å². The van der Waals surface area contributed by atoms with Gasteiger partial charge in [0, 0.05) is 25.3 Å². The SMILES string of the molecule is CCCCNC(=S)Nc1ccc(OC(=O)N(C)c2ccccc2)nc1. The van der Waals surface area contributed by atoms with Crippen LogP contribution in [0, 0.1) is 0 Å². The van der Waals surface area contributed by atoms with E-state index in [-0.39, 0.29) is 5.88 Å². The number of rotatable bonds is 6. The van der Waals surface area contributed by atoms with Gasteiger partial charge in [0.15, 0.2) is 5.11 Å².